The van der Waals surface area contributed by atoms with Crippen molar-refractivity contribution in [3.8, 4) is 33.4 Å². The molecule has 1 heterocycles. The minimum Gasteiger partial charge on any atom is -0.456 e. The van der Waals surface area contributed by atoms with E-state index in [4.69, 9.17) is 4.42 Å². The van der Waals surface area contributed by atoms with Gasteiger partial charge in [-0.1, -0.05) is 133 Å². The number of anilines is 3. The molecule has 0 bridgehead atoms. The van der Waals surface area contributed by atoms with E-state index in [0.29, 0.717) is 0 Å². The molecule has 0 aliphatic carbocycles. The Morgan fingerprint density at radius 1 is 0.269 bits per heavy atom. The number of nitrogens with zero attached hydrogens (tertiary/aromatic N) is 1. The summed E-state index contributed by atoms with van der Waals surface area (Å²) in [6.07, 6.45) is 0. The first kappa shape index (κ1) is 30.0. The minimum atomic E-state index is 0.871. The summed E-state index contributed by atoms with van der Waals surface area (Å²) in [5.41, 5.74) is 12.1. The predicted octanol–water partition coefficient (Wildman–Crippen LogP) is 14.4. The van der Waals surface area contributed by atoms with Gasteiger partial charge in [0.2, 0.25) is 0 Å². The lowest BCUT2D eigenvalue weighted by Crippen LogP contribution is -2.10. The third kappa shape index (κ3) is 5.39. The van der Waals surface area contributed by atoms with Gasteiger partial charge in [-0.05, 0) is 116 Å². The van der Waals surface area contributed by atoms with E-state index in [0.717, 1.165) is 44.6 Å². The van der Waals surface area contributed by atoms with Crippen LogP contribution in [0, 0.1) is 0 Å². The number of rotatable bonds is 6. The third-order valence-electron chi connectivity index (χ3n) is 10.2. The molecule has 0 atom stereocenters. The topological polar surface area (TPSA) is 16.4 Å². The lowest BCUT2D eigenvalue weighted by molar-refractivity contribution is 0.669. The van der Waals surface area contributed by atoms with Crippen LogP contribution in [0.3, 0.4) is 0 Å². The molecule has 0 saturated heterocycles. The van der Waals surface area contributed by atoms with Crippen LogP contribution in [0.1, 0.15) is 0 Å². The van der Waals surface area contributed by atoms with Crippen molar-refractivity contribution < 1.29 is 4.42 Å². The van der Waals surface area contributed by atoms with E-state index < -0.39 is 0 Å². The largest absolute Gasteiger partial charge is 0.456 e. The second-order valence-electron chi connectivity index (χ2n) is 13.4. The molecule has 10 rings (SSSR count). The standard InChI is InChI=1S/C50H33NO/c1-2-10-34(11-3-1)38-14-8-16-44(31-38)51(46-26-27-48-47-18-6-7-19-49(47)52-50(48)33-46)45-17-9-15-39(32-45)41-24-21-36-22-25-42(30-43(36)29-41)40-23-20-35-12-4-5-13-37(35)28-40/h1-33H. The SMILES string of the molecule is c1ccc(-c2cccc(N(c3cccc(-c4ccc5ccc(-c6ccc7ccccc7c6)cc5c4)c3)c3ccc4c(c3)oc3ccccc34)c2)cc1. The zero-order valence-electron chi connectivity index (χ0n) is 28.4. The van der Waals surface area contributed by atoms with Crippen LogP contribution in [-0.4, -0.2) is 0 Å². The fourth-order valence-electron chi connectivity index (χ4n) is 7.56. The molecule has 244 valence electrons. The molecule has 0 aliphatic heterocycles. The van der Waals surface area contributed by atoms with Gasteiger partial charge in [0.1, 0.15) is 11.2 Å². The maximum absolute atomic E-state index is 6.38. The van der Waals surface area contributed by atoms with Gasteiger partial charge in [-0.25, -0.2) is 0 Å². The van der Waals surface area contributed by atoms with E-state index in [-0.39, 0.29) is 0 Å². The molecule has 0 N–H and O–H groups in total. The average molecular weight is 664 g/mol. The highest BCUT2D eigenvalue weighted by Gasteiger charge is 2.17. The molecule has 0 spiro atoms. The van der Waals surface area contributed by atoms with Gasteiger partial charge in [0.05, 0.1) is 0 Å². The maximum Gasteiger partial charge on any atom is 0.137 e. The normalized spacial score (nSPS) is 11.5. The number of hydrogen-bond donors (Lipinski definition) is 0. The number of furan rings is 1. The Morgan fingerprint density at radius 3 is 1.48 bits per heavy atom. The molecule has 0 fully saturated rings. The van der Waals surface area contributed by atoms with Crippen molar-refractivity contribution >= 4 is 60.5 Å². The van der Waals surface area contributed by atoms with Crippen LogP contribution in [0.25, 0.3) is 76.9 Å². The second-order valence-corrected chi connectivity index (χ2v) is 13.4. The first-order valence-electron chi connectivity index (χ1n) is 17.7. The summed E-state index contributed by atoms with van der Waals surface area (Å²) in [4.78, 5) is 2.33. The van der Waals surface area contributed by atoms with E-state index in [1.165, 1.54) is 49.4 Å². The third-order valence-corrected chi connectivity index (χ3v) is 10.2. The van der Waals surface area contributed by atoms with E-state index in [1.54, 1.807) is 0 Å². The molecule has 0 unspecified atom stereocenters. The Labute approximate surface area is 302 Å². The Hall–Kier alpha value is -6.90. The lowest BCUT2D eigenvalue weighted by atomic mass is 9.96. The Kier molecular flexibility index (Phi) is 7.18. The summed E-state index contributed by atoms with van der Waals surface area (Å²) in [5.74, 6) is 0. The number of benzene rings is 9. The highest BCUT2D eigenvalue weighted by atomic mass is 16.3. The zero-order chi connectivity index (χ0) is 34.4. The quantitative estimate of drug-likeness (QED) is 0.176. The summed E-state index contributed by atoms with van der Waals surface area (Å²) in [5, 5.41) is 7.20. The van der Waals surface area contributed by atoms with Gasteiger partial charge >= 0.3 is 0 Å². The molecule has 52 heavy (non-hydrogen) atoms. The molecule has 0 radical (unpaired) electrons. The molecule has 0 aliphatic rings. The predicted molar refractivity (Wildman–Crippen MR) is 220 cm³/mol. The van der Waals surface area contributed by atoms with Crippen molar-refractivity contribution in [2.24, 2.45) is 0 Å². The molecule has 0 amide bonds. The summed E-state index contributed by atoms with van der Waals surface area (Å²) in [6, 6.07) is 71.8. The maximum atomic E-state index is 6.38. The van der Waals surface area contributed by atoms with Crippen LogP contribution in [0.2, 0.25) is 0 Å². The summed E-state index contributed by atoms with van der Waals surface area (Å²) < 4.78 is 6.38. The highest BCUT2D eigenvalue weighted by molar-refractivity contribution is 6.06. The highest BCUT2D eigenvalue weighted by Crippen LogP contribution is 2.41. The van der Waals surface area contributed by atoms with Gasteiger partial charge in [0.25, 0.3) is 0 Å². The zero-order valence-corrected chi connectivity index (χ0v) is 28.4. The van der Waals surface area contributed by atoms with Crippen molar-refractivity contribution in [3.63, 3.8) is 0 Å². The van der Waals surface area contributed by atoms with E-state index in [1.807, 2.05) is 12.1 Å². The summed E-state index contributed by atoms with van der Waals surface area (Å²) in [6.45, 7) is 0. The first-order valence-corrected chi connectivity index (χ1v) is 17.7. The van der Waals surface area contributed by atoms with E-state index in [2.05, 4.69) is 193 Å². The van der Waals surface area contributed by atoms with Crippen LogP contribution >= 0.6 is 0 Å². The summed E-state index contributed by atoms with van der Waals surface area (Å²) in [7, 11) is 0. The second kappa shape index (κ2) is 12.5. The van der Waals surface area contributed by atoms with Crippen LogP contribution < -0.4 is 4.90 Å². The molecule has 1 aromatic heterocycles. The minimum absolute atomic E-state index is 0.871. The Morgan fingerprint density at radius 2 is 0.769 bits per heavy atom. The Bertz CT molecular complexity index is 2920. The smallest absolute Gasteiger partial charge is 0.137 e. The van der Waals surface area contributed by atoms with Gasteiger partial charge in [-0.2, -0.15) is 0 Å². The van der Waals surface area contributed by atoms with Gasteiger partial charge in [0, 0.05) is 33.9 Å². The van der Waals surface area contributed by atoms with Crippen molar-refractivity contribution in [1.29, 1.82) is 0 Å². The fraction of sp³-hybridized carbons (Fsp3) is 0. The molecular weight excluding hydrogens is 631 g/mol. The van der Waals surface area contributed by atoms with Crippen molar-refractivity contribution in [2.75, 3.05) is 4.90 Å². The van der Waals surface area contributed by atoms with Gasteiger partial charge in [-0.3, -0.25) is 0 Å². The average Bonchev–Trinajstić information content (AvgIpc) is 3.59. The van der Waals surface area contributed by atoms with Crippen molar-refractivity contribution in [3.05, 3.63) is 200 Å². The molecule has 0 saturated carbocycles. The fourth-order valence-corrected chi connectivity index (χ4v) is 7.56. The number of para-hydroxylation sites is 1. The molecule has 10 aromatic rings. The van der Waals surface area contributed by atoms with Crippen LogP contribution in [-0.2, 0) is 0 Å². The van der Waals surface area contributed by atoms with Gasteiger partial charge in [-0.15, -0.1) is 0 Å². The van der Waals surface area contributed by atoms with E-state index in [9.17, 15) is 0 Å². The summed E-state index contributed by atoms with van der Waals surface area (Å²) >= 11 is 0. The molecule has 2 nitrogen and oxygen atoms in total. The molecule has 9 aromatic carbocycles. The lowest BCUT2D eigenvalue weighted by Gasteiger charge is -2.26. The molecule has 2 heteroatoms. The first-order chi connectivity index (χ1) is 25.7. The van der Waals surface area contributed by atoms with Crippen LogP contribution in [0.4, 0.5) is 17.1 Å². The number of fused-ring (bicyclic) bond motifs is 5. The van der Waals surface area contributed by atoms with E-state index >= 15 is 0 Å². The Balaban J connectivity index is 1.08. The monoisotopic (exact) mass is 663 g/mol. The van der Waals surface area contributed by atoms with Crippen molar-refractivity contribution in [2.45, 2.75) is 0 Å². The number of hydrogen-bond acceptors (Lipinski definition) is 2. The van der Waals surface area contributed by atoms with Crippen LogP contribution in [0.5, 0.6) is 0 Å². The van der Waals surface area contributed by atoms with Gasteiger partial charge in [0.15, 0.2) is 0 Å². The van der Waals surface area contributed by atoms with Crippen LogP contribution in [0.15, 0.2) is 205 Å². The van der Waals surface area contributed by atoms with Gasteiger partial charge < -0.3 is 9.32 Å². The molecular formula is C50H33NO. The van der Waals surface area contributed by atoms with Crippen molar-refractivity contribution in [1.82, 2.24) is 0 Å².